The summed E-state index contributed by atoms with van der Waals surface area (Å²) in [5.74, 6) is 0. The number of piperazine rings is 1. The van der Waals surface area contributed by atoms with E-state index in [1.807, 2.05) is 24.3 Å². The largest absolute Gasteiger partial charge is 0.323 e. The highest BCUT2D eigenvalue weighted by Gasteiger charge is 2.29. The normalized spacial score (nSPS) is 29.1. The van der Waals surface area contributed by atoms with Gasteiger partial charge in [-0.25, -0.2) is 0 Å². The van der Waals surface area contributed by atoms with Crippen LogP contribution in [0.2, 0.25) is 0 Å². The lowest BCUT2D eigenvalue weighted by atomic mass is 9.82. The number of likely N-dealkylation sites (N-methyl/N-ethyl adjacent to an activating group) is 1. The van der Waals surface area contributed by atoms with Gasteiger partial charge in [0.15, 0.2) is 0 Å². The molecule has 1 aromatic rings. The first kappa shape index (κ1) is 16.4. The smallest absolute Gasteiger partial charge is 0.0573 e. The van der Waals surface area contributed by atoms with E-state index in [1.165, 1.54) is 11.1 Å². The lowest BCUT2D eigenvalue weighted by Crippen LogP contribution is -2.55. The molecule has 1 aliphatic carbocycles. The van der Waals surface area contributed by atoms with Gasteiger partial charge in [-0.05, 0) is 24.6 Å². The number of allylic oxidation sites excluding steroid dienone is 2. The molecule has 1 heterocycles. The molecule has 1 aliphatic heterocycles. The molecule has 0 radical (unpaired) electrons. The molecule has 4 heteroatoms. The molecular weight excluding hydrogens is 284 g/mol. The first-order chi connectivity index (χ1) is 11.0. The van der Waals surface area contributed by atoms with Crippen molar-refractivity contribution in [2.45, 2.75) is 24.5 Å². The van der Waals surface area contributed by atoms with E-state index >= 15 is 0 Å². The van der Waals surface area contributed by atoms with Gasteiger partial charge >= 0.3 is 0 Å². The highest BCUT2D eigenvalue weighted by Crippen LogP contribution is 2.21. The first-order valence-electron chi connectivity index (χ1n) is 8.44. The van der Waals surface area contributed by atoms with Gasteiger partial charge in [-0.15, -0.1) is 0 Å². The van der Waals surface area contributed by atoms with Crippen molar-refractivity contribution < 1.29 is 0 Å². The van der Waals surface area contributed by atoms with Gasteiger partial charge in [0.1, 0.15) is 0 Å². The lowest BCUT2D eigenvalue weighted by Gasteiger charge is -2.33. The molecule has 2 unspecified atom stereocenters. The van der Waals surface area contributed by atoms with Crippen LogP contribution in [0.3, 0.4) is 0 Å². The maximum absolute atomic E-state index is 6.51. The molecule has 3 rings (SSSR count). The van der Waals surface area contributed by atoms with Crippen LogP contribution in [-0.2, 0) is 13.0 Å². The number of nitrogens with two attached hydrogens (primary N) is 2. The SMILES string of the molecule is CN1CCN(Cc2cccc(CC3(N)C=CC=CC3N)c2)CC1. The molecule has 1 aromatic carbocycles. The molecule has 0 saturated carbocycles. The van der Waals surface area contributed by atoms with Crippen molar-refractivity contribution in [1.29, 1.82) is 0 Å². The molecule has 1 saturated heterocycles. The molecule has 0 bridgehead atoms. The summed E-state index contributed by atoms with van der Waals surface area (Å²) in [4.78, 5) is 4.90. The van der Waals surface area contributed by atoms with Crippen LogP contribution in [0.5, 0.6) is 0 Å². The van der Waals surface area contributed by atoms with Crippen LogP contribution < -0.4 is 11.5 Å². The van der Waals surface area contributed by atoms with Crippen molar-refractivity contribution in [2.75, 3.05) is 33.2 Å². The van der Waals surface area contributed by atoms with Crippen molar-refractivity contribution in [3.05, 3.63) is 59.7 Å². The van der Waals surface area contributed by atoms with Crippen molar-refractivity contribution in [3.63, 3.8) is 0 Å². The summed E-state index contributed by atoms with van der Waals surface area (Å²) in [6, 6.07) is 8.65. The number of benzene rings is 1. The van der Waals surface area contributed by atoms with Crippen LogP contribution in [-0.4, -0.2) is 54.6 Å². The minimum absolute atomic E-state index is 0.131. The van der Waals surface area contributed by atoms with Crippen LogP contribution in [0.1, 0.15) is 11.1 Å². The average molecular weight is 312 g/mol. The quantitative estimate of drug-likeness (QED) is 0.875. The van der Waals surface area contributed by atoms with Gasteiger partial charge in [-0.2, -0.15) is 0 Å². The third-order valence-electron chi connectivity index (χ3n) is 4.96. The van der Waals surface area contributed by atoms with Gasteiger partial charge in [0, 0.05) is 38.8 Å². The number of nitrogens with zero attached hydrogens (tertiary/aromatic N) is 2. The number of hydrogen-bond donors (Lipinski definition) is 2. The Morgan fingerprint density at radius 3 is 2.61 bits per heavy atom. The zero-order valence-electron chi connectivity index (χ0n) is 14.0. The predicted octanol–water partition coefficient (Wildman–Crippen LogP) is 1.13. The molecule has 0 spiro atoms. The van der Waals surface area contributed by atoms with Crippen molar-refractivity contribution >= 4 is 0 Å². The van der Waals surface area contributed by atoms with E-state index in [0.717, 1.165) is 39.1 Å². The van der Waals surface area contributed by atoms with E-state index in [0.29, 0.717) is 0 Å². The summed E-state index contributed by atoms with van der Waals surface area (Å²) in [6.45, 7) is 5.59. The Hall–Kier alpha value is -1.46. The summed E-state index contributed by atoms with van der Waals surface area (Å²) >= 11 is 0. The number of rotatable bonds is 4. The fourth-order valence-electron chi connectivity index (χ4n) is 3.34. The zero-order valence-corrected chi connectivity index (χ0v) is 14.0. The van der Waals surface area contributed by atoms with Gasteiger partial charge in [-0.3, -0.25) is 4.90 Å². The maximum Gasteiger partial charge on any atom is 0.0573 e. The molecule has 23 heavy (non-hydrogen) atoms. The third-order valence-corrected chi connectivity index (χ3v) is 4.96. The predicted molar refractivity (Wildman–Crippen MR) is 96.1 cm³/mol. The topological polar surface area (TPSA) is 58.5 Å². The van der Waals surface area contributed by atoms with Crippen LogP contribution in [0, 0.1) is 0 Å². The molecule has 4 N–H and O–H groups in total. The van der Waals surface area contributed by atoms with Crippen molar-refractivity contribution in [3.8, 4) is 0 Å². The summed E-state index contributed by atoms with van der Waals surface area (Å²) in [7, 11) is 2.19. The molecule has 0 amide bonds. The molecule has 2 aliphatic rings. The Kier molecular flexibility index (Phi) is 4.97. The minimum Gasteiger partial charge on any atom is -0.323 e. The van der Waals surface area contributed by atoms with Gasteiger partial charge in [0.05, 0.1) is 5.54 Å². The lowest BCUT2D eigenvalue weighted by molar-refractivity contribution is 0.148. The minimum atomic E-state index is -0.485. The van der Waals surface area contributed by atoms with Crippen LogP contribution in [0.25, 0.3) is 0 Å². The highest BCUT2D eigenvalue weighted by atomic mass is 15.2. The molecule has 0 aromatic heterocycles. The summed E-state index contributed by atoms with van der Waals surface area (Å²) < 4.78 is 0. The molecule has 1 fully saturated rings. The summed E-state index contributed by atoms with van der Waals surface area (Å²) in [6.07, 6.45) is 8.75. The second-order valence-electron chi connectivity index (χ2n) is 6.96. The highest BCUT2D eigenvalue weighted by molar-refractivity contribution is 5.32. The fraction of sp³-hybridized carbons (Fsp3) is 0.474. The monoisotopic (exact) mass is 312 g/mol. The summed E-state index contributed by atoms with van der Waals surface area (Å²) in [5, 5.41) is 0. The Bertz CT molecular complexity index is 587. The summed E-state index contributed by atoms with van der Waals surface area (Å²) in [5.41, 5.74) is 14.8. The fourth-order valence-corrected chi connectivity index (χ4v) is 3.34. The molecule has 4 nitrogen and oxygen atoms in total. The Morgan fingerprint density at radius 2 is 1.87 bits per heavy atom. The maximum atomic E-state index is 6.51. The molecule has 124 valence electrons. The number of hydrogen-bond acceptors (Lipinski definition) is 4. The van der Waals surface area contributed by atoms with E-state index in [4.69, 9.17) is 11.5 Å². The molecular formula is C19H28N4. The van der Waals surface area contributed by atoms with Gasteiger partial charge in [0.2, 0.25) is 0 Å². The Balaban J connectivity index is 1.65. The van der Waals surface area contributed by atoms with Crippen molar-refractivity contribution in [2.24, 2.45) is 11.5 Å². The van der Waals surface area contributed by atoms with Crippen LogP contribution >= 0.6 is 0 Å². The third kappa shape index (κ3) is 4.09. The van der Waals surface area contributed by atoms with E-state index in [2.05, 4.69) is 41.1 Å². The van der Waals surface area contributed by atoms with E-state index in [-0.39, 0.29) is 6.04 Å². The first-order valence-corrected chi connectivity index (χ1v) is 8.44. The van der Waals surface area contributed by atoms with Crippen LogP contribution in [0.4, 0.5) is 0 Å². The molecule has 2 atom stereocenters. The second-order valence-corrected chi connectivity index (χ2v) is 6.96. The van der Waals surface area contributed by atoms with E-state index < -0.39 is 5.54 Å². The Labute approximate surface area is 139 Å². The van der Waals surface area contributed by atoms with Gasteiger partial charge in [0.25, 0.3) is 0 Å². The van der Waals surface area contributed by atoms with Gasteiger partial charge in [-0.1, -0.05) is 48.6 Å². The standard InChI is InChI=1S/C19H28N4/c1-22-9-11-23(12-10-22)15-17-6-4-5-16(13-17)14-19(21)8-3-2-7-18(19)20/h2-8,13,18H,9-12,14-15,20-21H2,1H3. The van der Waals surface area contributed by atoms with Gasteiger partial charge < -0.3 is 16.4 Å². The van der Waals surface area contributed by atoms with Crippen LogP contribution in [0.15, 0.2) is 48.6 Å². The van der Waals surface area contributed by atoms with E-state index in [9.17, 15) is 0 Å². The zero-order chi connectivity index (χ0) is 16.3. The average Bonchev–Trinajstić information content (AvgIpc) is 2.53. The second kappa shape index (κ2) is 6.97. The van der Waals surface area contributed by atoms with E-state index in [1.54, 1.807) is 0 Å². The Morgan fingerprint density at radius 1 is 1.13 bits per heavy atom. The van der Waals surface area contributed by atoms with Crippen molar-refractivity contribution in [1.82, 2.24) is 9.80 Å².